The Bertz CT molecular complexity index is 231. The van der Waals surface area contributed by atoms with E-state index in [9.17, 15) is 9.00 Å². The Morgan fingerprint density at radius 3 is 1.93 bits per heavy atom. The van der Waals surface area contributed by atoms with Crippen molar-refractivity contribution < 1.29 is 9.00 Å². The van der Waals surface area contributed by atoms with Crippen LogP contribution in [0, 0.1) is 5.92 Å². The van der Waals surface area contributed by atoms with Crippen molar-refractivity contribution in [2.24, 2.45) is 5.92 Å². The normalized spacial score (nSPS) is 16.8. The molecule has 0 bridgehead atoms. The highest BCUT2D eigenvalue weighted by Gasteiger charge is 2.26. The third kappa shape index (κ3) is 4.33. The summed E-state index contributed by atoms with van der Waals surface area (Å²) >= 11 is 0. The van der Waals surface area contributed by atoms with Crippen molar-refractivity contribution >= 4 is 16.8 Å². The van der Waals surface area contributed by atoms with Gasteiger partial charge in [0.25, 0.3) is 0 Å². The molecule has 0 aliphatic carbocycles. The number of carbonyl (C=O) groups is 1. The lowest BCUT2D eigenvalue weighted by molar-refractivity contribution is -0.119. The molecule has 4 heteroatoms. The first-order valence-electron chi connectivity index (χ1n) is 4.84. The van der Waals surface area contributed by atoms with Crippen LogP contribution in [0.2, 0.25) is 0 Å². The first-order chi connectivity index (χ1) is 6.16. The minimum absolute atomic E-state index is 0.0394. The summed E-state index contributed by atoms with van der Waals surface area (Å²) in [6.45, 7) is 11.1. The first kappa shape index (κ1) is 13.8. The number of hydrogen-bond acceptors (Lipinski definition) is 2. The molecule has 0 aliphatic heterocycles. The quantitative estimate of drug-likeness (QED) is 0.781. The molecular weight excluding hydrogens is 198 g/mol. The van der Waals surface area contributed by atoms with Crippen molar-refractivity contribution in [3.8, 4) is 0 Å². The van der Waals surface area contributed by atoms with Gasteiger partial charge in [-0.3, -0.25) is 4.79 Å². The highest BCUT2D eigenvalue weighted by atomic mass is 32.2. The largest absolute Gasteiger partial charge is 0.298 e. The summed E-state index contributed by atoms with van der Waals surface area (Å²) in [5, 5.41) is 0. The second-order valence-electron chi connectivity index (χ2n) is 4.83. The lowest BCUT2D eigenvalue weighted by atomic mass is 10.0. The van der Waals surface area contributed by atoms with Gasteiger partial charge in [-0.05, 0) is 33.6 Å². The van der Waals surface area contributed by atoms with E-state index in [0.717, 1.165) is 0 Å². The van der Waals surface area contributed by atoms with E-state index in [1.807, 2.05) is 34.6 Å². The van der Waals surface area contributed by atoms with Crippen LogP contribution in [0.5, 0.6) is 0 Å². The van der Waals surface area contributed by atoms with Crippen LogP contribution in [0.15, 0.2) is 0 Å². The van der Waals surface area contributed by atoms with Gasteiger partial charge in [0.2, 0.25) is 0 Å². The average molecular weight is 219 g/mol. The molecule has 0 unspecified atom stereocenters. The number of nitrogens with one attached hydrogen (secondary N) is 1. The predicted molar refractivity (Wildman–Crippen MR) is 60.3 cm³/mol. The molecule has 3 nitrogen and oxygen atoms in total. The summed E-state index contributed by atoms with van der Waals surface area (Å²) in [5.74, 6) is 0.205. The number of hydrogen-bond donors (Lipinski definition) is 1. The Balaban J connectivity index is 4.48. The lowest BCUT2D eigenvalue weighted by Gasteiger charge is -2.24. The van der Waals surface area contributed by atoms with Gasteiger partial charge in [0.1, 0.15) is 5.78 Å². The first-order valence-corrected chi connectivity index (χ1v) is 5.99. The predicted octanol–water partition coefficient (Wildman–Crippen LogP) is 1.65. The van der Waals surface area contributed by atoms with Crippen LogP contribution in [-0.2, 0) is 15.8 Å². The highest BCUT2D eigenvalue weighted by molar-refractivity contribution is 7.84. The van der Waals surface area contributed by atoms with E-state index >= 15 is 0 Å². The van der Waals surface area contributed by atoms with Crippen molar-refractivity contribution in [2.75, 3.05) is 0 Å². The standard InChI is InChI=1S/C10H21NO2S/c1-7(2)9(8(3)12)11-14(13)10(4,5)6/h7,9,11H,1-6H3/t9-,14-/m1/s1. The third-order valence-electron chi connectivity index (χ3n) is 1.89. The number of rotatable bonds is 4. The molecular formula is C10H21NO2S. The average Bonchev–Trinajstić information content (AvgIpc) is 1.96. The zero-order chi connectivity index (χ0) is 11.5. The minimum atomic E-state index is -1.18. The minimum Gasteiger partial charge on any atom is -0.298 e. The SMILES string of the molecule is CC(=O)[C@H](N[S@](=O)C(C)(C)C)C(C)C. The third-order valence-corrected chi connectivity index (χ3v) is 3.48. The second-order valence-corrected chi connectivity index (χ2v) is 6.83. The summed E-state index contributed by atoms with van der Waals surface area (Å²) in [6, 6.07) is -0.310. The fraction of sp³-hybridized carbons (Fsp3) is 0.900. The van der Waals surface area contributed by atoms with Crippen LogP contribution in [0.1, 0.15) is 41.5 Å². The van der Waals surface area contributed by atoms with Crippen LogP contribution >= 0.6 is 0 Å². The summed E-state index contributed by atoms with van der Waals surface area (Å²) in [6.07, 6.45) is 0. The van der Waals surface area contributed by atoms with E-state index in [1.54, 1.807) is 0 Å². The maximum atomic E-state index is 11.7. The summed E-state index contributed by atoms with van der Waals surface area (Å²) in [5.41, 5.74) is 0. The van der Waals surface area contributed by atoms with Crippen LogP contribution in [0.4, 0.5) is 0 Å². The summed E-state index contributed by atoms with van der Waals surface area (Å²) in [4.78, 5) is 11.3. The van der Waals surface area contributed by atoms with Gasteiger partial charge < -0.3 is 0 Å². The maximum Gasteiger partial charge on any atom is 0.147 e. The highest BCUT2D eigenvalue weighted by Crippen LogP contribution is 2.12. The zero-order valence-corrected chi connectivity index (χ0v) is 10.7. The van der Waals surface area contributed by atoms with Crippen molar-refractivity contribution in [2.45, 2.75) is 52.3 Å². The molecule has 0 radical (unpaired) electrons. The molecule has 0 fully saturated rings. The van der Waals surface area contributed by atoms with Crippen molar-refractivity contribution in [3.05, 3.63) is 0 Å². The van der Waals surface area contributed by atoms with E-state index < -0.39 is 11.0 Å². The van der Waals surface area contributed by atoms with Gasteiger partial charge in [-0.1, -0.05) is 13.8 Å². The smallest absolute Gasteiger partial charge is 0.147 e. The summed E-state index contributed by atoms with van der Waals surface area (Å²) in [7, 11) is -1.18. The summed E-state index contributed by atoms with van der Waals surface area (Å²) < 4.78 is 14.3. The van der Waals surface area contributed by atoms with Crippen LogP contribution < -0.4 is 4.72 Å². The van der Waals surface area contributed by atoms with Crippen LogP contribution in [0.25, 0.3) is 0 Å². The fourth-order valence-corrected chi connectivity index (χ4v) is 2.00. The molecule has 0 saturated heterocycles. The second kappa shape index (κ2) is 5.03. The molecule has 0 spiro atoms. The molecule has 0 rings (SSSR count). The maximum absolute atomic E-state index is 11.7. The Morgan fingerprint density at radius 1 is 1.29 bits per heavy atom. The van der Waals surface area contributed by atoms with E-state index in [2.05, 4.69) is 4.72 Å². The topological polar surface area (TPSA) is 46.2 Å². The van der Waals surface area contributed by atoms with E-state index in [0.29, 0.717) is 0 Å². The van der Waals surface area contributed by atoms with E-state index in [4.69, 9.17) is 0 Å². The van der Waals surface area contributed by atoms with Crippen molar-refractivity contribution in [1.29, 1.82) is 0 Å². The monoisotopic (exact) mass is 219 g/mol. The van der Waals surface area contributed by atoms with Gasteiger partial charge in [0, 0.05) is 0 Å². The van der Waals surface area contributed by atoms with Gasteiger partial charge in [-0.25, -0.2) is 8.93 Å². The molecule has 0 aromatic rings. The Hall–Kier alpha value is -0.220. The molecule has 2 atom stereocenters. The number of ketones is 1. The molecule has 0 heterocycles. The number of carbonyl (C=O) groups excluding carboxylic acids is 1. The van der Waals surface area contributed by atoms with Gasteiger partial charge >= 0.3 is 0 Å². The molecule has 0 aromatic heterocycles. The molecule has 1 N–H and O–H groups in total. The van der Waals surface area contributed by atoms with Crippen molar-refractivity contribution in [1.82, 2.24) is 4.72 Å². The van der Waals surface area contributed by atoms with Gasteiger partial charge in [0.15, 0.2) is 0 Å². The number of Topliss-reactive ketones (excluding diaryl/α,β-unsaturated/α-hetero) is 1. The lowest BCUT2D eigenvalue weighted by Crippen LogP contribution is -2.45. The molecule has 0 aromatic carbocycles. The molecule has 14 heavy (non-hydrogen) atoms. The van der Waals surface area contributed by atoms with Crippen LogP contribution in [-0.4, -0.2) is 20.8 Å². The zero-order valence-electron chi connectivity index (χ0n) is 9.88. The Labute approximate surface area is 89.2 Å². The van der Waals surface area contributed by atoms with Gasteiger partial charge in [-0.2, -0.15) is 0 Å². The van der Waals surface area contributed by atoms with E-state index in [-0.39, 0.29) is 22.5 Å². The fourth-order valence-electron chi connectivity index (χ4n) is 0.981. The molecule has 0 amide bonds. The van der Waals surface area contributed by atoms with Crippen molar-refractivity contribution in [3.63, 3.8) is 0 Å². The molecule has 0 saturated carbocycles. The van der Waals surface area contributed by atoms with Crippen LogP contribution in [0.3, 0.4) is 0 Å². The Kier molecular flexibility index (Phi) is 4.95. The van der Waals surface area contributed by atoms with Gasteiger partial charge in [-0.15, -0.1) is 0 Å². The van der Waals surface area contributed by atoms with E-state index in [1.165, 1.54) is 6.92 Å². The molecule has 0 aliphatic rings. The Morgan fingerprint density at radius 2 is 1.71 bits per heavy atom. The van der Waals surface area contributed by atoms with Gasteiger partial charge in [0.05, 0.1) is 21.8 Å². The molecule has 84 valence electrons.